The highest BCUT2D eigenvalue weighted by molar-refractivity contribution is 6.33. The molecule has 18 heteroatoms. The Bertz CT molecular complexity index is 2150. The second-order valence-corrected chi connectivity index (χ2v) is 13.0. The lowest BCUT2D eigenvalue weighted by molar-refractivity contribution is -0.385. The number of rotatable bonds is 18. The van der Waals surface area contributed by atoms with Crippen molar-refractivity contribution in [2.24, 2.45) is 20.5 Å². The number of carbonyl (C=O) groups excluding carboxylic acids is 2. The summed E-state index contributed by atoms with van der Waals surface area (Å²) in [6.45, 7) is 6.33. The third kappa shape index (κ3) is 11.6. The van der Waals surface area contributed by atoms with E-state index in [1.807, 2.05) is 47.9 Å². The van der Waals surface area contributed by atoms with Gasteiger partial charge in [-0.15, -0.1) is 10.2 Å². The smallest absolute Gasteiger partial charge is 0.338 e. The number of likely N-dealkylation sites (N-methyl/N-ethyl adjacent to an activating group) is 2. The Morgan fingerprint density at radius 3 is 1.24 bits per heavy atom. The maximum absolute atomic E-state index is 12.8. The molecule has 0 spiro atoms. The zero-order valence-electron chi connectivity index (χ0n) is 31.2. The van der Waals surface area contributed by atoms with Crippen LogP contribution in [-0.4, -0.2) is 61.2 Å². The van der Waals surface area contributed by atoms with Crippen LogP contribution in [0.4, 0.5) is 45.5 Å². The predicted octanol–water partition coefficient (Wildman–Crippen LogP) is 11.0. The first-order valence-corrected chi connectivity index (χ1v) is 18.6. The fourth-order valence-corrected chi connectivity index (χ4v) is 5.84. The van der Waals surface area contributed by atoms with Gasteiger partial charge in [0.1, 0.15) is 24.6 Å². The number of nitro benzene ring substituents is 2. The van der Waals surface area contributed by atoms with Crippen molar-refractivity contribution in [1.29, 1.82) is 0 Å². The maximum atomic E-state index is 12.8. The Labute approximate surface area is 342 Å². The van der Waals surface area contributed by atoms with Crippen LogP contribution in [0.25, 0.3) is 0 Å². The molecule has 0 aliphatic carbocycles. The fraction of sp³-hybridized carbons (Fsp3) is 0.200. The minimum atomic E-state index is -0.539. The molecule has 0 radical (unpaired) electrons. The van der Waals surface area contributed by atoms with E-state index in [0.29, 0.717) is 60.1 Å². The molecule has 0 saturated carbocycles. The molecule has 0 aliphatic rings. The van der Waals surface area contributed by atoms with E-state index < -0.39 is 21.8 Å². The summed E-state index contributed by atoms with van der Waals surface area (Å²) in [7, 11) is 0. The van der Waals surface area contributed by atoms with E-state index in [1.165, 1.54) is 60.7 Å². The largest absolute Gasteiger partial charge is 0.460 e. The van der Waals surface area contributed by atoms with Gasteiger partial charge in [-0.05, 0) is 98.8 Å². The van der Waals surface area contributed by atoms with Gasteiger partial charge in [-0.2, -0.15) is 10.2 Å². The van der Waals surface area contributed by atoms with E-state index in [0.717, 1.165) is 11.4 Å². The summed E-state index contributed by atoms with van der Waals surface area (Å²) in [6.07, 6.45) is 0. The fourth-order valence-electron chi connectivity index (χ4n) is 5.41. The van der Waals surface area contributed by atoms with Crippen LogP contribution in [0.2, 0.25) is 10.0 Å². The number of azo groups is 2. The first-order valence-electron chi connectivity index (χ1n) is 17.8. The number of ether oxygens (including phenoxy) is 2. The van der Waals surface area contributed by atoms with Crippen LogP contribution in [0, 0.1) is 20.2 Å². The Balaban J connectivity index is 1.05. The number of benzene rings is 5. The van der Waals surface area contributed by atoms with Gasteiger partial charge in [0, 0.05) is 48.7 Å². The van der Waals surface area contributed by atoms with Crippen molar-refractivity contribution in [3.63, 3.8) is 0 Å². The topological polar surface area (TPSA) is 195 Å². The predicted molar refractivity (Wildman–Crippen MR) is 220 cm³/mol. The summed E-state index contributed by atoms with van der Waals surface area (Å²) in [5.74, 6) is -1.06. The van der Waals surface area contributed by atoms with Crippen LogP contribution >= 0.6 is 23.2 Å². The molecule has 298 valence electrons. The van der Waals surface area contributed by atoms with Crippen molar-refractivity contribution in [3.05, 3.63) is 151 Å². The lowest BCUT2D eigenvalue weighted by atomic mass is 10.1. The molecule has 0 fully saturated rings. The van der Waals surface area contributed by atoms with Crippen molar-refractivity contribution in [1.82, 2.24) is 0 Å². The van der Waals surface area contributed by atoms with Crippen molar-refractivity contribution in [2.75, 3.05) is 49.2 Å². The van der Waals surface area contributed by atoms with Crippen molar-refractivity contribution in [2.45, 2.75) is 13.8 Å². The van der Waals surface area contributed by atoms with E-state index in [4.69, 9.17) is 32.7 Å². The van der Waals surface area contributed by atoms with Crippen molar-refractivity contribution >= 4 is 80.6 Å². The second kappa shape index (κ2) is 20.4. The lowest BCUT2D eigenvalue weighted by Crippen LogP contribution is -2.28. The SMILES string of the molecule is CCN(CCOC(=O)c1ccc(C(=O)OCCN(CC)c2ccc(N=Nc3ccc([N+](=O)[O-])cc3Cl)cc2)cc1)c1ccc(N=Nc2ccc([N+](=O)[O-])cc2Cl)cc1. The highest BCUT2D eigenvalue weighted by atomic mass is 35.5. The van der Waals surface area contributed by atoms with Gasteiger partial charge in [-0.1, -0.05) is 23.2 Å². The third-order valence-electron chi connectivity index (χ3n) is 8.57. The van der Waals surface area contributed by atoms with E-state index in [2.05, 4.69) is 20.5 Å². The zero-order valence-corrected chi connectivity index (χ0v) is 32.7. The Kier molecular flexibility index (Phi) is 14.9. The average Bonchev–Trinajstić information content (AvgIpc) is 3.23. The summed E-state index contributed by atoms with van der Waals surface area (Å²) in [4.78, 5) is 50.3. The number of carbonyl (C=O) groups is 2. The molecule has 5 rings (SSSR count). The summed E-state index contributed by atoms with van der Waals surface area (Å²) in [5, 5.41) is 38.6. The van der Waals surface area contributed by atoms with Crippen LogP contribution in [0.5, 0.6) is 0 Å². The molecule has 0 heterocycles. The highest BCUT2D eigenvalue weighted by Crippen LogP contribution is 2.32. The zero-order chi connectivity index (χ0) is 41.6. The molecule has 0 saturated heterocycles. The van der Waals surface area contributed by atoms with Crippen LogP contribution in [0.1, 0.15) is 34.6 Å². The number of nitro groups is 2. The first-order chi connectivity index (χ1) is 27.9. The van der Waals surface area contributed by atoms with Gasteiger partial charge in [0.05, 0.1) is 55.5 Å². The van der Waals surface area contributed by atoms with Gasteiger partial charge in [0.15, 0.2) is 0 Å². The molecular formula is C40H36Cl2N8O8. The molecule has 5 aromatic rings. The van der Waals surface area contributed by atoms with E-state index in [9.17, 15) is 29.8 Å². The number of esters is 2. The quantitative estimate of drug-likeness (QED) is 0.0355. The number of non-ortho nitro benzene ring substituents is 2. The second-order valence-electron chi connectivity index (χ2n) is 12.2. The minimum Gasteiger partial charge on any atom is -0.460 e. The molecule has 5 aromatic carbocycles. The summed E-state index contributed by atoms with van der Waals surface area (Å²) >= 11 is 12.2. The lowest BCUT2D eigenvalue weighted by Gasteiger charge is -2.23. The van der Waals surface area contributed by atoms with Crippen LogP contribution in [-0.2, 0) is 9.47 Å². The number of halogens is 2. The monoisotopic (exact) mass is 826 g/mol. The summed E-state index contributed by atoms with van der Waals surface area (Å²) in [6, 6.07) is 28.4. The molecular weight excluding hydrogens is 791 g/mol. The molecule has 0 atom stereocenters. The first kappa shape index (κ1) is 42.4. The number of nitrogens with zero attached hydrogens (tertiary/aromatic N) is 8. The van der Waals surface area contributed by atoms with E-state index >= 15 is 0 Å². The Morgan fingerprint density at radius 2 is 0.931 bits per heavy atom. The van der Waals surface area contributed by atoms with E-state index in [1.54, 1.807) is 24.3 Å². The molecule has 0 bridgehead atoms. The molecule has 16 nitrogen and oxygen atoms in total. The molecule has 0 aromatic heterocycles. The highest BCUT2D eigenvalue weighted by Gasteiger charge is 2.14. The normalized spacial score (nSPS) is 11.1. The van der Waals surface area contributed by atoms with Crippen molar-refractivity contribution < 1.29 is 28.9 Å². The van der Waals surface area contributed by atoms with Gasteiger partial charge in [0.25, 0.3) is 11.4 Å². The van der Waals surface area contributed by atoms with Gasteiger partial charge < -0.3 is 19.3 Å². The summed E-state index contributed by atoms with van der Waals surface area (Å²) in [5.41, 5.74) is 3.77. The molecule has 0 amide bonds. The number of hydrogen-bond acceptors (Lipinski definition) is 14. The van der Waals surface area contributed by atoms with E-state index in [-0.39, 0.29) is 34.6 Å². The number of hydrogen-bond donors (Lipinski definition) is 0. The molecule has 0 aliphatic heterocycles. The van der Waals surface area contributed by atoms with Gasteiger partial charge in [0.2, 0.25) is 0 Å². The van der Waals surface area contributed by atoms with Gasteiger partial charge in [-0.25, -0.2) is 9.59 Å². The molecule has 0 unspecified atom stereocenters. The standard InChI is InChI=1S/C40H36Cl2N8O8/c1-3-47(31-13-9-29(10-14-31)43-45-37-19-17-33(49(53)54)25-35(37)41)21-23-57-39(51)27-5-7-28(8-6-27)40(52)58-24-22-48(4-2)32-15-11-30(12-16-32)44-46-38-20-18-34(50(55)56)26-36(38)42/h5-20,25-26H,3-4,21-24H2,1-2H3. The summed E-state index contributed by atoms with van der Waals surface area (Å²) < 4.78 is 11.0. The molecule has 0 N–H and O–H groups in total. The third-order valence-corrected chi connectivity index (χ3v) is 9.17. The van der Waals surface area contributed by atoms with Crippen molar-refractivity contribution in [3.8, 4) is 0 Å². The van der Waals surface area contributed by atoms with Crippen LogP contribution in [0.15, 0.2) is 130 Å². The minimum absolute atomic E-state index is 0.117. The number of anilines is 2. The van der Waals surface area contributed by atoms with Crippen LogP contribution < -0.4 is 9.80 Å². The average molecular weight is 828 g/mol. The van der Waals surface area contributed by atoms with Gasteiger partial charge in [-0.3, -0.25) is 20.2 Å². The maximum Gasteiger partial charge on any atom is 0.338 e. The van der Waals surface area contributed by atoms with Crippen LogP contribution in [0.3, 0.4) is 0 Å². The molecule has 58 heavy (non-hydrogen) atoms. The Morgan fingerprint density at radius 1 is 0.569 bits per heavy atom. The Hall–Kier alpha value is -6.78. The van der Waals surface area contributed by atoms with Gasteiger partial charge >= 0.3 is 11.9 Å².